The number of amides is 1. The zero-order valence-corrected chi connectivity index (χ0v) is 14.3. The van der Waals surface area contributed by atoms with Crippen LogP contribution < -0.4 is 5.76 Å². The van der Waals surface area contributed by atoms with Crippen LogP contribution >= 0.6 is 0 Å². The number of carbonyl (C=O) groups is 1. The van der Waals surface area contributed by atoms with Crippen molar-refractivity contribution >= 4 is 5.91 Å². The van der Waals surface area contributed by atoms with Crippen LogP contribution in [0.1, 0.15) is 63.7 Å². The summed E-state index contributed by atoms with van der Waals surface area (Å²) in [6.45, 7) is 3.70. The predicted molar refractivity (Wildman–Crippen MR) is 87.7 cm³/mol. The van der Waals surface area contributed by atoms with Crippen molar-refractivity contribution in [1.82, 2.24) is 15.1 Å². The Labute approximate surface area is 141 Å². The van der Waals surface area contributed by atoms with Crippen molar-refractivity contribution in [3.05, 3.63) is 16.4 Å². The highest BCUT2D eigenvalue weighted by atomic mass is 16.5. The van der Waals surface area contributed by atoms with Crippen LogP contribution in [-0.4, -0.2) is 46.8 Å². The van der Waals surface area contributed by atoms with Crippen LogP contribution in [0.25, 0.3) is 0 Å². The van der Waals surface area contributed by atoms with Crippen LogP contribution in [0.5, 0.6) is 0 Å². The van der Waals surface area contributed by atoms with Crippen molar-refractivity contribution < 1.29 is 13.9 Å². The number of hydrogen-bond donors (Lipinski definition) is 1. The van der Waals surface area contributed by atoms with E-state index in [1.807, 2.05) is 4.90 Å². The molecule has 1 aromatic heterocycles. The van der Waals surface area contributed by atoms with Gasteiger partial charge in [0.25, 0.3) is 0 Å². The van der Waals surface area contributed by atoms with Crippen molar-refractivity contribution in [1.29, 1.82) is 0 Å². The molecule has 1 aliphatic heterocycles. The van der Waals surface area contributed by atoms with Crippen molar-refractivity contribution in [2.45, 2.75) is 63.9 Å². The topological polar surface area (TPSA) is 88.4 Å². The van der Waals surface area contributed by atoms with Gasteiger partial charge in [-0.3, -0.25) is 4.79 Å². The van der Waals surface area contributed by atoms with E-state index in [1.165, 1.54) is 19.3 Å². The second kappa shape index (κ2) is 7.96. The molecule has 2 heterocycles. The third kappa shape index (κ3) is 4.06. The van der Waals surface area contributed by atoms with Gasteiger partial charge in [-0.1, -0.05) is 26.2 Å². The number of aromatic nitrogens is 2. The molecule has 24 heavy (non-hydrogen) atoms. The first kappa shape index (κ1) is 17.2. The minimum atomic E-state index is -0.519. The third-order valence-corrected chi connectivity index (χ3v) is 5.44. The van der Waals surface area contributed by atoms with E-state index in [2.05, 4.69) is 17.1 Å². The summed E-state index contributed by atoms with van der Waals surface area (Å²) in [4.78, 5) is 25.3. The molecule has 1 N–H and O–H groups in total. The Hall–Kier alpha value is -1.63. The lowest BCUT2D eigenvalue weighted by atomic mass is 9.85. The standard InChI is InChI=1S/C17H27N3O4/c1-2-12-5-3-4-6-14(12)23-11-15(21)20-9-7-13(8-10-20)16-18-19-17(22)24-16/h12-14H,2-11H2,1H3,(H,19,22). The van der Waals surface area contributed by atoms with Gasteiger partial charge >= 0.3 is 5.76 Å². The van der Waals surface area contributed by atoms with E-state index in [0.717, 1.165) is 25.7 Å². The summed E-state index contributed by atoms with van der Waals surface area (Å²) < 4.78 is 11.0. The second-order valence-corrected chi connectivity index (χ2v) is 6.91. The van der Waals surface area contributed by atoms with E-state index in [-0.39, 0.29) is 24.5 Å². The molecule has 7 heteroatoms. The average Bonchev–Trinajstić information content (AvgIpc) is 3.06. The molecule has 2 aliphatic rings. The summed E-state index contributed by atoms with van der Waals surface area (Å²) in [6, 6.07) is 0. The van der Waals surface area contributed by atoms with Gasteiger partial charge in [0.2, 0.25) is 11.8 Å². The molecule has 2 unspecified atom stereocenters. The Morgan fingerprint density at radius 2 is 2.04 bits per heavy atom. The van der Waals surface area contributed by atoms with Gasteiger partial charge in [-0.15, -0.1) is 5.10 Å². The highest BCUT2D eigenvalue weighted by Gasteiger charge is 2.29. The van der Waals surface area contributed by atoms with E-state index < -0.39 is 5.76 Å². The van der Waals surface area contributed by atoms with E-state index in [1.54, 1.807) is 0 Å². The number of carbonyl (C=O) groups excluding carboxylic acids is 1. The van der Waals surface area contributed by atoms with Gasteiger partial charge in [-0.25, -0.2) is 9.89 Å². The molecular weight excluding hydrogens is 310 g/mol. The molecule has 1 amide bonds. The first-order valence-corrected chi connectivity index (χ1v) is 9.12. The molecule has 1 saturated carbocycles. The molecule has 0 spiro atoms. The molecule has 134 valence electrons. The normalized spacial score (nSPS) is 25.8. The number of H-pyrrole nitrogens is 1. The molecule has 1 saturated heterocycles. The summed E-state index contributed by atoms with van der Waals surface area (Å²) in [6.07, 6.45) is 7.67. The van der Waals surface area contributed by atoms with Crippen LogP contribution in [0.3, 0.4) is 0 Å². The van der Waals surface area contributed by atoms with E-state index in [0.29, 0.717) is 24.9 Å². The number of nitrogens with zero attached hydrogens (tertiary/aromatic N) is 2. The smallest absolute Gasteiger partial charge is 0.392 e. The van der Waals surface area contributed by atoms with Crippen LogP contribution in [0.15, 0.2) is 9.21 Å². The quantitative estimate of drug-likeness (QED) is 0.888. The average molecular weight is 337 g/mol. The summed E-state index contributed by atoms with van der Waals surface area (Å²) >= 11 is 0. The minimum absolute atomic E-state index is 0.0670. The number of nitrogens with one attached hydrogen (secondary N) is 1. The van der Waals surface area contributed by atoms with E-state index >= 15 is 0 Å². The number of piperidine rings is 1. The maximum atomic E-state index is 12.4. The number of aromatic amines is 1. The van der Waals surface area contributed by atoms with Gasteiger partial charge in [0.1, 0.15) is 6.61 Å². The first-order chi connectivity index (χ1) is 11.7. The summed E-state index contributed by atoms with van der Waals surface area (Å²) in [5.74, 6) is 0.708. The lowest BCUT2D eigenvalue weighted by Crippen LogP contribution is -2.41. The fourth-order valence-electron chi connectivity index (χ4n) is 3.92. The van der Waals surface area contributed by atoms with Gasteiger partial charge < -0.3 is 14.1 Å². The van der Waals surface area contributed by atoms with Crippen molar-refractivity contribution in [2.24, 2.45) is 5.92 Å². The first-order valence-electron chi connectivity index (χ1n) is 9.12. The highest BCUT2D eigenvalue weighted by molar-refractivity contribution is 5.77. The number of hydrogen-bond acceptors (Lipinski definition) is 5. The Balaban J connectivity index is 1.44. The fraction of sp³-hybridized carbons (Fsp3) is 0.824. The zero-order valence-electron chi connectivity index (χ0n) is 14.3. The SMILES string of the molecule is CCC1CCCCC1OCC(=O)N1CCC(c2n[nH]c(=O)o2)CC1. The number of ether oxygens (including phenoxy) is 1. The van der Waals surface area contributed by atoms with Crippen molar-refractivity contribution in [3.63, 3.8) is 0 Å². The largest absolute Gasteiger partial charge is 0.434 e. The van der Waals surface area contributed by atoms with Crippen LogP contribution in [0, 0.1) is 5.92 Å². The Morgan fingerprint density at radius 3 is 2.71 bits per heavy atom. The zero-order chi connectivity index (χ0) is 16.9. The van der Waals surface area contributed by atoms with E-state index in [9.17, 15) is 9.59 Å². The number of rotatable bonds is 5. The van der Waals surface area contributed by atoms with Crippen molar-refractivity contribution in [2.75, 3.05) is 19.7 Å². The van der Waals surface area contributed by atoms with Crippen LogP contribution in [0.2, 0.25) is 0 Å². The molecule has 1 aliphatic carbocycles. The Morgan fingerprint density at radius 1 is 1.29 bits per heavy atom. The highest BCUT2D eigenvalue weighted by Crippen LogP contribution is 2.29. The molecule has 7 nitrogen and oxygen atoms in total. The predicted octanol–water partition coefficient (Wildman–Crippen LogP) is 2.05. The minimum Gasteiger partial charge on any atom is -0.392 e. The van der Waals surface area contributed by atoms with E-state index in [4.69, 9.17) is 9.15 Å². The second-order valence-electron chi connectivity index (χ2n) is 6.91. The summed E-state index contributed by atoms with van der Waals surface area (Å²) in [5.41, 5.74) is 0. The molecule has 2 atom stereocenters. The Kier molecular flexibility index (Phi) is 5.71. The molecule has 2 fully saturated rings. The van der Waals surface area contributed by atoms with Gasteiger partial charge in [-0.05, 0) is 31.6 Å². The maximum Gasteiger partial charge on any atom is 0.434 e. The van der Waals surface area contributed by atoms with Crippen molar-refractivity contribution in [3.8, 4) is 0 Å². The third-order valence-electron chi connectivity index (χ3n) is 5.44. The molecule has 0 aromatic carbocycles. The summed E-state index contributed by atoms with van der Waals surface area (Å²) in [5, 5.41) is 6.19. The lowest BCUT2D eigenvalue weighted by Gasteiger charge is -2.33. The summed E-state index contributed by atoms with van der Waals surface area (Å²) in [7, 11) is 0. The molecule has 0 bridgehead atoms. The lowest BCUT2D eigenvalue weighted by molar-refractivity contribution is -0.141. The molecular formula is C17H27N3O4. The van der Waals surface area contributed by atoms with Crippen LogP contribution in [0.4, 0.5) is 0 Å². The number of likely N-dealkylation sites (tertiary alicyclic amines) is 1. The monoisotopic (exact) mass is 337 g/mol. The van der Waals surface area contributed by atoms with Gasteiger partial charge in [0.15, 0.2) is 0 Å². The molecule has 0 radical (unpaired) electrons. The van der Waals surface area contributed by atoms with Gasteiger partial charge in [0, 0.05) is 19.0 Å². The molecule has 3 rings (SSSR count). The van der Waals surface area contributed by atoms with Gasteiger partial charge in [-0.2, -0.15) is 0 Å². The molecule has 1 aromatic rings. The maximum absolute atomic E-state index is 12.4. The fourth-order valence-corrected chi connectivity index (χ4v) is 3.92. The van der Waals surface area contributed by atoms with Gasteiger partial charge in [0.05, 0.1) is 6.10 Å². The Bertz CT molecular complexity index is 589. The van der Waals surface area contributed by atoms with Crippen LogP contribution in [-0.2, 0) is 9.53 Å².